The van der Waals surface area contributed by atoms with E-state index in [0.29, 0.717) is 12.0 Å². The number of carbonyl (C=O) groups excluding carboxylic acids is 1. The number of methoxy groups -OCH3 is 1. The minimum absolute atomic E-state index is 0.0728. The van der Waals surface area contributed by atoms with Crippen molar-refractivity contribution in [3.05, 3.63) is 57.6 Å². The Balaban J connectivity index is 2.38. The van der Waals surface area contributed by atoms with E-state index >= 15 is 0 Å². The molecule has 0 aliphatic rings. The Labute approximate surface area is 162 Å². The summed E-state index contributed by atoms with van der Waals surface area (Å²) < 4.78 is 32.5. The van der Waals surface area contributed by atoms with Gasteiger partial charge in [-0.05, 0) is 37.6 Å². The van der Waals surface area contributed by atoms with Crippen molar-refractivity contribution >= 4 is 27.3 Å². The molecule has 0 aliphatic carbocycles. The van der Waals surface area contributed by atoms with E-state index in [2.05, 4.69) is 10.0 Å². The maximum Gasteiger partial charge on any atom is 0.274 e. The van der Waals surface area contributed by atoms with Crippen LogP contribution >= 0.6 is 0 Å². The highest BCUT2D eigenvalue weighted by Crippen LogP contribution is 2.27. The van der Waals surface area contributed by atoms with E-state index in [1.165, 1.54) is 50.4 Å². The zero-order chi connectivity index (χ0) is 20.9. The van der Waals surface area contributed by atoms with Gasteiger partial charge in [0.1, 0.15) is 10.6 Å². The normalized spacial score (nSPS) is 11.1. The average Bonchev–Trinajstić information content (AvgIpc) is 2.67. The molecule has 2 rings (SSSR count). The summed E-state index contributed by atoms with van der Waals surface area (Å²) in [5, 5.41) is 13.6. The Kier molecular flexibility index (Phi) is 6.71. The summed E-state index contributed by atoms with van der Waals surface area (Å²) in [4.78, 5) is 23.0. The van der Waals surface area contributed by atoms with Crippen molar-refractivity contribution in [2.75, 3.05) is 19.0 Å². The number of carbonyl (C=O) groups is 1. The number of nitrogens with zero attached hydrogens (tertiary/aromatic N) is 1. The Hall–Kier alpha value is -2.98. The van der Waals surface area contributed by atoms with Gasteiger partial charge in [0.05, 0.1) is 23.3 Å². The molecule has 28 heavy (non-hydrogen) atoms. The van der Waals surface area contributed by atoms with E-state index in [-0.39, 0.29) is 34.1 Å². The van der Waals surface area contributed by atoms with Crippen LogP contribution < -0.4 is 14.8 Å². The summed E-state index contributed by atoms with van der Waals surface area (Å²) in [5.74, 6) is -0.495. The number of ether oxygens (including phenoxy) is 1. The second-order valence-electron chi connectivity index (χ2n) is 5.92. The molecule has 9 nitrogen and oxygen atoms in total. The van der Waals surface area contributed by atoms with Crippen LogP contribution in [0.25, 0.3) is 0 Å². The van der Waals surface area contributed by atoms with Gasteiger partial charge in [-0.25, -0.2) is 13.1 Å². The van der Waals surface area contributed by atoms with E-state index < -0.39 is 20.9 Å². The fourth-order valence-corrected chi connectivity index (χ4v) is 3.82. The molecule has 1 amide bonds. The first-order valence-electron chi connectivity index (χ1n) is 8.44. The van der Waals surface area contributed by atoms with E-state index in [0.717, 1.165) is 0 Å². The number of hydrogen-bond donors (Lipinski definition) is 2. The highest BCUT2D eigenvalue weighted by molar-refractivity contribution is 7.89. The molecule has 0 bridgehead atoms. The van der Waals surface area contributed by atoms with Crippen LogP contribution in [0.1, 0.15) is 29.3 Å². The van der Waals surface area contributed by atoms with Crippen LogP contribution in [0.2, 0.25) is 0 Å². The summed E-state index contributed by atoms with van der Waals surface area (Å²) in [6.07, 6.45) is 0.605. The molecule has 0 saturated carbocycles. The minimum atomic E-state index is -3.86. The Morgan fingerprint density at radius 3 is 2.57 bits per heavy atom. The van der Waals surface area contributed by atoms with E-state index in [1.54, 1.807) is 0 Å². The third kappa shape index (κ3) is 4.65. The van der Waals surface area contributed by atoms with Gasteiger partial charge in [-0.3, -0.25) is 14.9 Å². The average molecular weight is 407 g/mol. The van der Waals surface area contributed by atoms with Crippen LogP contribution in [0.5, 0.6) is 5.75 Å². The summed E-state index contributed by atoms with van der Waals surface area (Å²) >= 11 is 0. The lowest BCUT2D eigenvalue weighted by Crippen LogP contribution is -2.25. The topological polar surface area (TPSA) is 128 Å². The number of amides is 1. The van der Waals surface area contributed by atoms with Gasteiger partial charge in [-0.15, -0.1) is 0 Å². The first-order chi connectivity index (χ1) is 13.2. The predicted octanol–water partition coefficient (Wildman–Crippen LogP) is 2.85. The van der Waals surface area contributed by atoms with Gasteiger partial charge in [0.15, 0.2) is 0 Å². The van der Waals surface area contributed by atoms with Crippen LogP contribution in [0.4, 0.5) is 11.4 Å². The number of sulfonamides is 1. The molecule has 0 radical (unpaired) electrons. The van der Waals surface area contributed by atoms with Crippen molar-refractivity contribution in [2.45, 2.75) is 25.2 Å². The summed E-state index contributed by atoms with van der Waals surface area (Å²) in [7, 11) is -2.53. The Morgan fingerprint density at radius 1 is 1.25 bits per heavy atom. The fourth-order valence-electron chi connectivity index (χ4n) is 2.49. The lowest BCUT2D eigenvalue weighted by atomic mass is 10.1. The van der Waals surface area contributed by atoms with Crippen LogP contribution in [0.3, 0.4) is 0 Å². The van der Waals surface area contributed by atoms with Gasteiger partial charge in [-0.1, -0.05) is 13.0 Å². The molecule has 0 aromatic heterocycles. The van der Waals surface area contributed by atoms with Gasteiger partial charge < -0.3 is 10.1 Å². The summed E-state index contributed by atoms with van der Waals surface area (Å²) in [6.45, 7) is 3.59. The van der Waals surface area contributed by atoms with Gasteiger partial charge in [0, 0.05) is 18.2 Å². The van der Waals surface area contributed by atoms with Crippen molar-refractivity contribution in [1.82, 2.24) is 4.72 Å². The number of hydrogen-bond acceptors (Lipinski definition) is 6. The highest BCUT2D eigenvalue weighted by Gasteiger charge is 2.22. The highest BCUT2D eigenvalue weighted by atomic mass is 32.2. The van der Waals surface area contributed by atoms with Crippen LogP contribution in [-0.4, -0.2) is 32.9 Å². The van der Waals surface area contributed by atoms with Crippen LogP contribution in [0.15, 0.2) is 41.3 Å². The lowest BCUT2D eigenvalue weighted by molar-refractivity contribution is -0.385. The van der Waals surface area contributed by atoms with E-state index in [1.807, 2.05) is 6.92 Å². The first kappa shape index (κ1) is 21.3. The third-order valence-corrected chi connectivity index (χ3v) is 5.49. The van der Waals surface area contributed by atoms with Crippen molar-refractivity contribution < 1.29 is 22.9 Å². The van der Waals surface area contributed by atoms with Gasteiger partial charge in [0.25, 0.3) is 11.6 Å². The monoisotopic (exact) mass is 407 g/mol. The molecule has 2 N–H and O–H groups in total. The molecule has 0 spiro atoms. The smallest absolute Gasteiger partial charge is 0.274 e. The molecular formula is C18H21N3O6S. The van der Waals surface area contributed by atoms with Gasteiger partial charge >= 0.3 is 0 Å². The maximum atomic E-state index is 12.6. The minimum Gasteiger partial charge on any atom is -0.495 e. The molecule has 0 atom stereocenters. The first-order valence-corrected chi connectivity index (χ1v) is 9.92. The molecule has 150 valence electrons. The summed E-state index contributed by atoms with van der Waals surface area (Å²) in [6, 6.07) is 8.33. The molecule has 0 saturated heterocycles. The van der Waals surface area contributed by atoms with Gasteiger partial charge in [-0.2, -0.15) is 0 Å². The number of anilines is 1. The second-order valence-corrected chi connectivity index (χ2v) is 7.66. The van der Waals surface area contributed by atoms with Crippen molar-refractivity contribution in [3.63, 3.8) is 0 Å². The quantitative estimate of drug-likeness (QED) is 0.512. The van der Waals surface area contributed by atoms with Crippen LogP contribution in [-0.2, 0) is 10.0 Å². The second kappa shape index (κ2) is 8.81. The van der Waals surface area contributed by atoms with E-state index in [4.69, 9.17) is 4.74 Å². The van der Waals surface area contributed by atoms with E-state index in [9.17, 15) is 23.3 Å². The Bertz CT molecular complexity index is 1000. The molecule has 2 aromatic carbocycles. The number of nitrogens with one attached hydrogen (secondary N) is 2. The zero-order valence-electron chi connectivity index (χ0n) is 15.7. The lowest BCUT2D eigenvalue weighted by Gasteiger charge is -2.13. The molecule has 0 unspecified atom stereocenters. The standard InChI is InChI=1S/C18H21N3O6S/c1-4-10-19-28(25,26)17-11-13(8-9-16(17)27-3)18(22)20-14-6-5-7-15(12(14)2)21(23)24/h5-9,11,19H,4,10H2,1-3H3,(H,20,22). The number of nitro groups is 1. The molecule has 10 heteroatoms. The third-order valence-electron chi connectivity index (χ3n) is 4.01. The van der Waals surface area contributed by atoms with Crippen molar-refractivity contribution in [1.29, 1.82) is 0 Å². The predicted molar refractivity (Wildman–Crippen MR) is 104 cm³/mol. The molecule has 0 aliphatic heterocycles. The molecule has 0 fully saturated rings. The van der Waals surface area contributed by atoms with Crippen molar-refractivity contribution in [3.8, 4) is 5.75 Å². The summed E-state index contributed by atoms with van der Waals surface area (Å²) in [5.41, 5.74) is 0.512. The number of benzene rings is 2. The molecular weight excluding hydrogens is 386 g/mol. The number of nitro benzene ring substituents is 1. The molecule has 0 heterocycles. The van der Waals surface area contributed by atoms with Crippen molar-refractivity contribution in [2.24, 2.45) is 0 Å². The fraction of sp³-hybridized carbons (Fsp3) is 0.278. The zero-order valence-corrected chi connectivity index (χ0v) is 16.5. The largest absolute Gasteiger partial charge is 0.495 e. The Morgan fingerprint density at radius 2 is 1.96 bits per heavy atom. The number of rotatable bonds is 8. The van der Waals surface area contributed by atoms with Crippen LogP contribution in [0, 0.1) is 17.0 Å². The van der Waals surface area contributed by atoms with Gasteiger partial charge in [0.2, 0.25) is 10.0 Å². The maximum absolute atomic E-state index is 12.6. The molecule has 2 aromatic rings. The SMILES string of the molecule is CCCNS(=O)(=O)c1cc(C(=O)Nc2cccc([N+](=O)[O-])c2C)ccc1OC.